The van der Waals surface area contributed by atoms with E-state index in [-0.39, 0.29) is 17.5 Å². The van der Waals surface area contributed by atoms with Crippen molar-refractivity contribution < 1.29 is 0 Å². The van der Waals surface area contributed by atoms with Gasteiger partial charge in [0.25, 0.3) is 6.71 Å². The SMILES string of the molecule is CCc1ccc(N2c3cccc4c3B(c3cc(CC)ccc3N4c3ccc(C(C)(C)C)cc3-c3cccc4c3CCCC4)c3sc4ccc(C(C)(C)C)cc4c32)cc1. The number of fused-ring (bicyclic) bond motifs is 7. The van der Waals surface area contributed by atoms with Crippen molar-refractivity contribution in [3.63, 3.8) is 0 Å². The molecule has 0 unspecified atom stereocenters. The Kier molecular flexibility index (Phi) is 8.84. The van der Waals surface area contributed by atoms with Crippen molar-refractivity contribution in [2.24, 2.45) is 0 Å². The Labute approximate surface area is 350 Å². The number of benzene rings is 6. The molecule has 0 fully saturated rings. The van der Waals surface area contributed by atoms with E-state index < -0.39 is 0 Å². The van der Waals surface area contributed by atoms with Gasteiger partial charge in [0.2, 0.25) is 0 Å². The summed E-state index contributed by atoms with van der Waals surface area (Å²) in [6.45, 7) is 18.7. The predicted octanol–water partition coefficient (Wildman–Crippen LogP) is 13.2. The first kappa shape index (κ1) is 37.2. The van der Waals surface area contributed by atoms with Gasteiger partial charge in [-0.3, -0.25) is 0 Å². The van der Waals surface area contributed by atoms with E-state index in [1.807, 2.05) is 11.3 Å². The van der Waals surface area contributed by atoms with E-state index in [1.165, 1.54) is 118 Å². The summed E-state index contributed by atoms with van der Waals surface area (Å²) in [6, 6.07) is 45.5. The van der Waals surface area contributed by atoms with Gasteiger partial charge in [0, 0.05) is 43.2 Å². The van der Waals surface area contributed by atoms with Gasteiger partial charge in [0.1, 0.15) is 0 Å². The third-order valence-corrected chi connectivity index (χ3v) is 14.5. The van der Waals surface area contributed by atoms with Crippen LogP contribution in [-0.4, -0.2) is 6.71 Å². The Morgan fingerprint density at radius 1 is 0.586 bits per heavy atom. The van der Waals surface area contributed by atoms with Crippen molar-refractivity contribution in [2.75, 3.05) is 9.80 Å². The second kappa shape index (κ2) is 13.8. The molecule has 3 heterocycles. The molecule has 7 aromatic rings. The van der Waals surface area contributed by atoms with Gasteiger partial charge in [-0.15, -0.1) is 11.3 Å². The molecule has 290 valence electrons. The van der Waals surface area contributed by atoms with Crippen molar-refractivity contribution in [1.82, 2.24) is 0 Å². The smallest absolute Gasteiger partial charge is 0.264 e. The minimum atomic E-state index is 0.0211. The number of aryl methyl sites for hydroxylation is 3. The Hall–Kier alpha value is -5.06. The highest BCUT2D eigenvalue weighted by Gasteiger charge is 2.45. The summed E-state index contributed by atoms with van der Waals surface area (Å²) in [5.74, 6) is 0. The average Bonchev–Trinajstić information content (AvgIpc) is 3.61. The normalized spacial score (nSPS) is 14.7. The monoisotopic (exact) mass is 774 g/mol. The first-order valence-corrected chi connectivity index (χ1v) is 22.5. The second-order valence-corrected chi connectivity index (χ2v) is 20.1. The summed E-state index contributed by atoms with van der Waals surface area (Å²) < 4.78 is 2.79. The summed E-state index contributed by atoms with van der Waals surface area (Å²) in [5, 5.41) is 1.35. The Bertz CT molecular complexity index is 2740. The van der Waals surface area contributed by atoms with Crippen LogP contribution < -0.4 is 25.5 Å². The first-order valence-electron chi connectivity index (χ1n) is 21.7. The van der Waals surface area contributed by atoms with Gasteiger partial charge in [-0.2, -0.15) is 0 Å². The number of hydrogen-bond donors (Lipinski definition) is 0. The van der Waals surface area contributed by atoms with Gasteiger partial charge < -0.3 is 9.80 Å². The van der Waals surface area contributed by atoms with Crippen molar-refractivity contribution in [3.8, 4) is 11.1 Å². The summed E-state index contributed by atoms with van der Waals surface area (Å²) in [4.78, 5) is 5.25. The number of thiophene rings is 1. The topological polar surface area (TPSA) is 6.48 Å². The van der Waals surface area contributed by atoms with E-state index in [2.05, 4.69) is 180 Å². The van der Waals surface area contributed by atoms with E-state index in [0.717, 1.165) is 19.3 Å². The molecule has 0 N–H and O–H groups in total. The minimum absolute atomic E-state index is 0.0211. The second-order valence-electron chi connectivity index (χ2n) is 19.0. The molecule has 3 aliphatic rings. The number of rotatable bonds is 5. The molecule has 10 rings (SSSR count). The average molecular weight is 775 g/mol. The van der Waals surface area contributed by atoms with Crippen LogP contribution in [0, 0.1) is 0 Å². The largest absolute Gasteiger partial charge is 0.311 e. The molecular weight excluding hydrogens is 719 g/mol. The first-order chi connectivity index (χ1) is 27.9. The molecule has 1 aromatic heterocycles. The van der Waals surface area contributed by atoms with E-state index in [4.69, 9.17) is 0 Å². The maximum atomic E-state index is 2.64. The summed E-state index contributed by atoms with van der Waals surface area (Å²) in [5.41, 5.74) is 21.9. The van der Waals surface area contributed by atoms with E-state index >= 15 is 0 Å². The zero-order valence-corrected chi connectivity index (χ0v) is 36.4. The van der Waals surface area contributed by atoms with Crippen LogP contribution in [0.15, 0.2) is 115 Å². The van der Waals surface area contributed by atoms with E-state index in [9.17, 15) is 0 Å². The Morgan fingerprint density at radius 2 is 1.24 bits per heavy atom. The van der Waals surface area contributed by atoms with Crippen molar-refractivity contribution >= 4 is 78.0 Å². The minimum Gasteiger partial charge on any atom is -0.311 e. The van der Waals surface area contributed by atoms with Gasteiger partial charge in [0.15, 0.2) is 0 Å². The van der Waals surface area contributed by atoms with Crippen LogP contribution in [-0.2, 0) is 36.5 Å². The molecule has 2 aliphatic heterocycles. The summed E-state index contributed by atoms with van der Waals surface area (Å²) >= 11 is 2.00. The Morgan fingerprint density at radius 3 is 1.98 bits per heavy atom. The molecule has 2 nitrogen and oxygen atoms in total. The van der Waals surface area contributed by atoms with Crippen molar-refractivity contribution in [2.45, 2.75) is 105 Å². The van der Waals surface area contributed by atoms with Crippen LogP contribution >= 0.6 is 11.3 Å². The molecule has 6 aromatic carbocycles. The molecule has 0 radical (unpaired) electrons. The lowest BCUT2D eigenvalue weighted by atomic mass is 9.36. The Balaban J connectivity index is 1.29. The van der Waals surface area contributed by atoms with Gasteiger partial charge in [-0.25, -0.2) is 0 Å². The van der Waals surface area contributed by atoms with Gasteiger partial charge in [0.05, 0.1) is 11.4 Å². The third-order valence-electron chi connectivity index (χ3n) is 13.3. The van der Waals surface area contributed by atoms with Gasteiger partial charge in [-0.05, 0) is 154 Å². The molecule has 0 bridgehead atoms. The van der Waals surface area contributed by atoms with E-state index in [1.54, 1.807) is 5.56 Å². The molecule has 0 spiro atoms. The predicted molar refractivity (Wildman–Crippen MR) is 254 cm³/mol. The van der Waals surface area contributed by atoms with Crippen LogP contribution in [0.3, 0.4) is 0 Å². The zero-order valence-electron chi connectivity index (χ0n) is 35.6. The standard InChI is InChI=1S/C54H55BN2S/c1-9-34-21-26-39(27-22-34)56-47-19-14-20-48-50(47)55(52-51(56)43-33-38(54(6,7)8)25-30-49(43)58-52)44-31-35(10-2)23-28-46(44)57(48)45-29-24-37(53(3,4)5)32-42(45)41-18-13-16-36-15-11-12-17-40(36)41/h13-14,16,18-33H,9-12,15,17H2,1-8H3. The highest BCUT2D eigenvalue weighted by molar-refractivity contribution is 7.33. The van der Waals surface area contributed by atoms with Gasteiger partial charge in [-0.1, -0.05) is 116 Å². The zero-order chi connectivity index (χ0) is 40.1. The molecule has 4 heteroatoms. The fraction of sp³-hybridized carbons (Fsp3) is 0.296. The van der Waals surface area contributed by atoms with Crippen LogP contribution in [0.2, 0.25) is 0 Å². The maximum Gasteiger partial charge on any atom is 0.264 e. The number of anilines is 6. The lowest BCUT2D eigenvalue weighted by molar-refractivity contribution is 0.590. The summed E-state index contributed by atoms with van der Waals surface area (Å²) in [6.07, 6.45) is 6.86. The highest BCUT2D eigenvalue weighted by Crippen LogP contribution is 2.50. The van der Waals surface area contributed by atoms with Crippen LogP contribution in [0.1, 0.15) is 102 Å². The molecule has 58 heavy (non-hydrogen) atoms. The van der Waals surface area contributed by atoms with Crippen molar-refractivity contribution in [3.05, 3.63) is 149 Å². The fourth-order valence-corrected chi connectivity index (χ4v) is 11.3. The van der Waals surface area contributed by atoms with Crippen molar-refractivity contribution in [1.29, 1.82) is 0 Å². The number of hydrogen-bond acceptors (Lipinski definition) is 3. The van der Waals surface area contributed by atoms with Crippen LogP contribution in [0.5, 0.6) is 0 Å². The molecule has 0 saturated carbocycles. The number of nitrogens with zero attached hydrogens (tertiary/aromatic N) is 2. The molecule has 0 atom stereocenters. The quantitative estimate of drug-likeness (QED) is 0.161. The summed E-state index contributed by atoms with van der Waals surface area (Å²) in [7, 11) is 0. The molecule has 0 amide bonds. The fourth-order valence-electron chi connectivity index (χ4n) is 10.0. The molecular formula is C54H55BN2S. The van der Waals surface area contributed by atoms with Crippen LogP contribution in [0.25, 0.3) is 21.2 Å². The maximum absolute atomic E-state index is 2.64. The van der Waals surface area contributed by atoms with E-state index in [0.29, 0.717) is 0 Å². The highest BCUT2D eigenvalue weighted by atomic mass is 32.1. The van der Waals surface area contributed by atoms with Gasteiger partial charge >= 0.3 is 0 Å². The lowest BCUT2D eigenvalue weighted by Crippen LogP contribution is -2.60. The van der Waals surface area contributed by atoms with Crippen LogP contribution in [0.4, 0.5) is 34.1 Å². The third kappa shape index (κ3) is 5.89. The lowest BCUT2D eigenvalue weighted by Gasteiger charge is -2.43. The molecule has 0 saturated heterocycles. The molecule has 1 aliphatic carbocycles.